The zero-order valence-electron chi connectivity index (χ0n) is 12.9. The standard InChI is InChI=1S/C16H21BrN2O3S/c17-13-4-3-7-15(10-13)23(21,22)19-9-8-12(11-19)16(20)18-14-5-1-2-6-14/h3-4,7,10,12,14H,1-2,5-6,8-9,11H2,(H,18,20). The first-order valence-electron chi connectivity index (χ1n) is 8.03. The normalized spacial score (nSPS) is 23.3. The average Bonchev–Trinajstić information content (AvgIpc) is 3.18. The molecule has 1 atom stereocenters. The van der Waals surface area contributed by atoms with Crippen LogP contribution in [0.25, 0.3) is 0 Å². The maximum absolute atomic E-state index is 12.7. The summed E-state index contributed by atoms with van der Waals surface area (Å²) in [5.41, 5.74) is 0. The summed E-state index contributed by atoms with van der Waals surface area (Å²) in [6.07, 6.45) is 5.00. The van der Waals surface area contributed by atoms with Gasteiger partial charge in [0, 0.05) is 23.6 Å². The Morgan fingerprint density at radius 1 is 1.22 bits per heavy atom. The van der Waals surface area contributed by atoms with Gasteiger partial charge >= 0.3 is 0 Å². The van der Waals surface area contributed by atoms with Crippen molar-refractivity contribution in [3.05, 3.63) is 28.7 Å². The average molecular weight is 401 g/mol. The number of rotatable bonds is 4. The molecule has 1 aliphatic heterocycles. The number of nitrogens with zero attached hydrogens (tertiary/aromatic N) is 1. The molecule has 1 amide bonds. The van der Waals surface area contributed by atoms with E-state index in [1.165, 1.54) is 17.1 Å². The van der Waals surface area contributed by atoms with Gasteiger partial charge in [-0.1, -0.05) is 34.8 Å². The van der Waals surface area contributed by atoms with E-state index in [4.69, 9.17) is 0 Å². The van der Waals surface area contributed by atoms with Crippen LogP contribution >= 0.6 is 15.9 Å². The van der Waals surface area contributed by atoms with Crippen molar-refractivity contribution in [2.45, 2.75) is 43.0 Å². The molecule has 0 radical (unpaired) electrons. The van der Waals surface area contributed by atoms with E-state index in [1.807, 2.05) is 0 Å². The van der Waals surface area contributed by atoms with Crippen LogP contribution in [-0.4, -0.2) is 37.8 Å². The number of benzene rings is 1. The smallest absolute Gasteiger partial charge is 0.243 e. The van der Waals surface area contributed by atoms with Gasteiger partial charge in [-0.15, -0.1) is 0 Å². The van der Waals surface area contributed by atoms with E-state index in [0.717, 1.165) is 17.3 Å². The molecule has 0 bridgehead atoms. The fourth-order valence-electron chi connectivity index (χ4n) is 3.33. The van der Waals surface area contributed by atoms with Crippen molar-refractivity contribution in [2.24, 2.45) is 5.92 Å². The van der Waals surface area contributed by atoms with Gasteiger partial charge in [0.1, 0.15) is 0 Å². The van der Waals surface area contributed by atoms with Crippen LogP contribution in [0.2, 0.25) is 0 Å². The number of carbonyl (C=O) groups is 1. The molecular formula is C16H21BrN2O3S. The van der Waals surface area contributed by atoms with Crippen LogP contribution in [0.15, 0.2) is 33.6 Å². The van der Waals surface area contributed by atoms with Gasteiger partial charge in [-0.25, -0.2) is 8.42 Å². The highest BCUT2D eigenvalue weighted by atomic mass is 79.9. The highest BCUT2D eigenvalue weighted by Crippen LogP contribution is 2.27. The van der Waals surface area contributed by atoms with Crippen LogP contribution in [0.1, 0.15) is 32.1 Å². The second kappa shape index (κ2) is 6.91. The lowest BCUT2D eigenvalue weighted by molar-refractivity contribution is -0.125. The SMILES string of the molecule is O=C(NC1CCCC1)C1CCN(S(=O)(=O)c2cccc(Br)c2)C1. The van der Waals surface area contributed by atoms with Crippen LogP contribution in [0.5, 0.6) is 0 Å². The molecule has 1 heterocycles. The van der Waals surface area contributed by atoms with E-state index < -0.39 is 10.0 Å². The molecule has 1 unspecified atom stereocenters. The second-order valence-corrected chi connectivity index (χ2v) is 9.15. The molecule has 23 heavy (non-hydrogen) atoms. The molecule has 0 spiro atoms. The van der Waals surface area contributed by atoms with Crippen molar-refractivity contribution in [1.82, 2.24) is 9.62 Å². The number of halogens is 1. The van der Waals surface area contributed by atoms with Gasteiger partial charge in [-0.05, 0) is 37.5 Å². The van der Waals surface area contributed by atoms with Gasteiger partial charge in [0.05, 0.1) is 10.8 Å². The maximum atomic E-state index is 12.7. The van der Waals surface area contributed by atoms with Crippen molar-refractivity contribution in [3.8, 4) is 0 Å². The van der Waals surface area contributed by atoms with Gasteiger partial charge in [0.2, 0.25) is 15.9 Å². The minimum atomic E-state index is -3.53. The molecule has 1 saturated carbocycles. The number of nitrogens with one attached hydrogen (secondary N) is 1. The molecular weight excluding hydrogens is 380 g/mol. The van der Waals surface area contributed by atoms with Crippen LogP contribution in [0.4, 0.5) is 0 Å². The van der Waals surface area contributed by atoms with Crippen molar-refractivity contribution in [2.75, 3.05) is 13.1 Å². The van der Waals surface area contributed by atoms with E-state index in [-0.39, 0.29) is 29.3 Å². The van der Waals surface area contributed by atoms with Crippen molar-refractivity contribution in [3.63, 3.8) is 0 Å². The third-order valence-electron chi connectivity index (χ3n) is 4.66. The first-order valence-corrected chi connectivity index (χ1v) is 10.3. The van der Waals surface area contributed by atoms with Gasteiger partial charge in [-0.2, -0.15) is 4.31 Å². The number of hydrogen-bond acceptors (Lipinski definition) is 3. The Kier molecular flexibility index (Phi) is 5.08. The van der Waals surface area contributed by atoms with E-state index in [2.05, 4.69) is 21.2 Å². The molecule has 1 saturated heterocycles. The minimum absolute atomic E-state index is 0.00356. The monoisotopic (exact) mass is 400 g/mol. The van der Waals surface area contributed by atoms with Crippen LogP contribution in [0, 0.1) is 5.92 Å². The van der Waals surface area contributed by atoms with Crippen LogP contribution in [0.3, 0.4) is 0 Å². The van der Waals surface area contributed by atoms with Gasteiger partial charge < -0.3 is 5.32 Å². The van der Waals surface area contributed by atoms with E-state index in [9.17, 15) is 13.2 Å². The number of hydrogen-bond donors (Lipinski definition) is 1. The van der Waals surface area contributed by atoms with Crippen LogP contribution in [-0.2, 0) is 14.8 Å². The molecule has 1 aromatic carbocycles. The van der Waals surface area contributed by atoms with Gasteiger partial charge in [-0.3, -0.25) is 4.79 Å². The molecule has 3 rings (SSSR count). The minimum Gasteiger partial charge on any atom is -0.353 e. The van der Waals surface area contributed by atoms with Crippen molar-refractivity contribution < 1.29 is 13.2 Å². The maximum Gasteiger partial charge on any atom is 0.243 e. The Balaban J connectivity index is 1.65. The number of sulfonamides is 1. The molecule has 2 aliphatic rings. The molecule has 7 heteroatoms. The quantitative estimate of drug-likeness (QED) is 0.843. The summed E-state index contributed by atoms with van der Waals surface area (Å²) in [7, 11) is -3.53. The lowest BCUT2D eigenvalue weighted by Crippen LogP contribution is -2.39. The fraction of sp³-hybridized carbons (Fsp3) is 0.562. The lowest BCUT2D eigenvalue weighted by atomic mass is 10.1. The molecule has 1 aliphatic carbocycles. The molecule has 126 valence electrons. The van der Waals surface area contributed by atoms with E-state index in [0.29, 0.717) is 13.0 Å². The fourth-order valence-corrected chi connectivity index (χ4v) is 5.42. The summed E-state index contributed by atoms with van der Waals surface area (Å²) in [4.78, 5) is 12.6. The Labute approximate surface area is 145 Å². The summed E-state index contributed by atoms with van der Waals surface area (Å²) in [5.74, 6) is -0.235. The highest BCUT2D eigenvalue weighted by Gasteiger charge is 2.36. The Hall–Kier alpha value is -0.920. The van der Waals surface area contributed by atoms with Crippen molar-refractivity contribution >= 4 is 31.9 Å². The lowest BCUT2D eigenvalue weighted by Gasteiger charge is -2.18. The van der Waals surface area contributed by atoms with Crippen LogP contribution < -0.4 is 5.32 Å². The Morgan fingerprint density at radius 2 is 1.96 bits per heavy atom. The predicted molar refractivity (Wildman–Crippen MR) is 91.4 cm³/mol. The Bertz CT molecular complexity index is 686. The molecule has 5 nitrogen and oxygen atoms in total. The third-order valence-corrected chi connectivity index (χ3v) is 7.01. The zero-order valence-corrected chi connectivity index (χ0v) is 15.3. The molecule has 1 N–H and O–H groups in total. The van der Waals surface area contributed by atoms with Gasteiger partial charge in [0.15, 0.2) is 0 Å². The largest absolute Gasteiger partial charge is 0.353 e. The van der Waals surface area contributed by atoms with E-state index >= 15 is 0 Å². The first kappa shape index (κ1) is 16.9. The zero-order chi connectivity index (χ0) is 16.4. The van der Waals surface area contributed by atoms with Gasteiger partial charge in [0.25, 0.3) is 0 Å². The Morgan fingerprint density at radius 3 is 2.65 bits per heavy atom. The second-order valence-electron chi connectivity index (χ2n) is 6.30. The third kappa shape index (κ3) is 3.78. The molecule has 1 aromatic rings. The summed E-state index contributed by atoms with van der Waals surface area (Å²) >= 11 is 3.30. The first-order chi connectivity index (χ1) is 11.0. The summed E-state index contributed by atoms with van der Waals surface area (Å²) < 4.78 is 27.5. The topological polar surface area (TPSA) is 66.5 Å². The summed E-state index contributed by atoms with van der Waals surface area (Å²) in [6.45, 7) is 0.672. The number of amides is 1. The highest BCUT2D eigenvalue weighted by molar-refractivity contribution is 9.10. The van der Waals surface area contributed by atoms with Crippen molar-refractivity contribution in [1.29, 1.82) is 0 Å². The summed E-state index contributed by atoms with van der Waals surface area (Å²) in [6, 6.07) is 6.96. The molecule has 0 aromatic heterocycles. The number of carbonyl (C=O) groups excluding carboxylic acids is 1. The molecule has 2 fully saturated rings. The summed E-state index contributed by atoms with van der Waals surface area (Å²) in [5, 5.41) is 3.07. The van der Waals surface area contributed by atoms with E-state index in [1.54, 1.807) is 24.3 Å². The predicted octanol–water partition coefficient (Wildman–Crippen LogP) is 2.52.